The van der Waals surface area contributed by atoms with Crippen molar-refractivity contribution < 1.29 is 13.2 Å². The Balaban J connectivity index is 1.85. The fraction of sp³-hybridized carbons (Fsp3) is 0.571. The summed E-state index contributed by atoms with van der Waals surface area (Å²) in [4.78, 5) is 0. The monoisotopic (exact) mass is 268 g/mol. The summed E-state index contributed by atoms with van der Waals surface area (Å²) in [5, 5.41) is 0. The van der Waals surface area contributed by atoms with E-state index in [2.05, 4.69) is 0 Å². The van der Waals surface area contributed by atoms with Crippen molar-refractivity contribution in [2.75, 3.05) is 18.6 Å². The van der Waals surface area contributed by atoms with Crippen LogP contribution in [0, 0.1) is 5.92 Å². The maximum atomic E-state index is 11.9. The number of aryl methyl sites for hydroxylation is 1. The molecule has 18 heavy (non-hydrogen) atoms. The number of methoxy groups -OCH3 is 1. The van der Waals surface area contributed by atoms with Gasteiger partial charge < -0.3 is 4.74 Å². The summed E-state index contributed by atoms with van der Waals surface area (Å²) in [5.74, 6) is 1.86. The minimum absolute atomic E-state index is 0.260. The van der Waals surface area contributed by atoms with Crippen molar-refractivity contribution in [2.24, 2.45) is 5.92 Å². The van der Waals surface area contributed by atoms with Crippen molar-refractivity contribution >= 4 is 9.84 Å². The zero-order valence-corrected chi connectivity index (χ0v) is 11.6. The minimum Gasteiger partial charge on any atom is -0.497 e. The molecule has 1 aromatic rings. The molecule has 1 aromatic carbocycles. The van der Waals surface area contributed by atoms with Crippen LogP contribution in [0.25, 0.3) is 0 Å². The molecule has 4 heteroatoms. The molecule has 0 amide bonds. The Morgan fingerprint density at radius 3 is 2.39 bits per heavy atom. The highest BCUT2D eigenvalue weighted by Gasteiger charge is 2.24. The third kappa shape index (κ3) is 3.73. The Morgan fingerprint density at radius 2 is 1.89 bits per heavy atom. The SMILES string of the molecule is COc1ccc(CCS(=O)(=O)CC2CCC2)cc1. The first-order valence-corrected chi connectivity index (χ1v) is 8.24. The van der Waals surface area contributed by atoms with Gasteiger partial charge in [0.2, 0.25) is 0 Å². The summed E-state index contributed by atoms with van der Waals surface area (Å²) in [6.45, 7) is 0. The molecule has 1 saturated carbocycles. The second-order valence-corrected chi connectivity index (χ2v) is 7.24. The molecule has 0 spiro atoms. The van der Waals surface area contributed by atoms with E-state index in [0.29, 0.717) is 18.1 Å². The van der Waals surface area contributed by atoms with Crippen LogP contribution < -0.4 is 4.74 Å². The van der Waals surface area contributed by atoms with Crippen molar-refractivity contribution in [1.82, 2.24) is 0 Å². The van der Waals surface area contributed by atoms with Crippen molar-refractivity contribution in [3.8, 4) is 5.75 Å². The number of hydrogen-bond acceptors (Lipinski definition) is 3. The van der Waals surface area contributed by atoms with Crippen LogP contribution in [0.4, 0.5) is 0 Å². The van der Waals surface area contributed by atoms with Gasteiger partial charge in [0, 0.05) is 0 Å². The molecule has 1 aliphatic carbocycles. The molecular weight excluding hydrogens is 248 g/mol. The van der Waals surface area contributed by atoms with Gasteiger partial charge >= 0.3 is 0 Å². The van der Waals surface area contributed by atoms with Gasteiger partial charge in [0.1, 0.15) is 5.75 Å². The summed E-state index contributed by atoms with van der Waals surface area (Å²) in [6, 6.07) is 7.59. The molecule has 1 fully saturated rings. The maximum absolute atomic E-state index is 11.9. The van der Waals surface area contributed by atoms with Crippen molar-refractivity contribution in [2.45, 2.75) is 25.7 Å². The van der Waals surface area contributed by atoms with Crippen LogP contribution in [0.15, 0.2) is 24.3 Å². The number of rotatable bonds is 6. The molecule has 0 heterocycles. The lowest BCUT2D eigenvalue weighted by Crippen LogP contribution is -2.24. The highest BCUT2D eigenvalue weighted by molar-refractivity contribution is 7.91. The zero-order valence-electron chi connectivity index (χ0n) is 10.8. The van der Waals surface area contributed by atoms with Gasteiger partial charge in [-0.25, -0.2) is 8.42 Å². The molecule has 0 saturated heterocycles. The van der Waals surface area contributed by atoms with Gasteiger partial charge in [0.05, 0.1) is 18.6 Å². The van der Waals surface area contributed by atoms with E-state index in [4.69, 9.17) is 4.74 Å². The number of benzene rings is 1. The smallest absolute Gasteiger partial charge is 0.150 e. The van der Waals surface area contributed by atoms with E-state index >= 15 is 0 Å². The van der Waals surface area contributed by atoms with Crippen LogP contribution in [0.2, 0.25) is 0 Å². The summed E-state index contributed by atoms with van der Waals surface area (Å²) in [5.41, 5.74) is 1.05. The zero-order chi connectivity index (χ0) is 13.0. The van der Waals surface area contributed by atoms with Crippen molar-refractivity contribution in [1.29, 1.82) is 0 Å². The second kappa shape index (κ2) is 5.74. The molecular formula is C14H20O3S. The topological polar surface area (TPSA) is 43.4 Å². The summed E-state index contributed by atoms with van der Waals surface area (Å²) in [6.07, 6.45) is 3.96. The lowest BCUT2D eigenvalue weighted by Gasteiger charge is -2.24. The van der Waals surface area contributed by atoms with Gasteiger partial charge in [-0.15, -0.1) is 0 Å². The van der Waals surface area contributed by atoms with Crippen molar-refractivity contribution in [3.63, 3.8) is 0 Å². The molecule has 2 rings (SSSR count). The van der Waals surface area contributed by atoms with Gasteiger partial charge in [-0.3, -0.25) is 0 Å². The first-order chi connectivity index (χ1) is 8.59. The highest BCUT2D eigenvalue weighted by atomic mass is 32.2. The lowest BCUT2D eigenvalue weighted by molar-refractivity contribution is 0.347. The van der Waals surface area contributed by atoms with Crippen LogP contribution in [0.3, 0.4) is 0 Å². The summed E-state index contributed by atoms with van der Waals surface area (Å²) < 4.78 is 28.9. The first-order valence-electron chi connectivity index (χ1n) is 6.42. The van der Waals surface area contributed by atoms with Gasteiger partial charge in [0.15, 0.2) is 9.84 Å². The Labute approximate surface area is 109 Å². The average Bonchev–Trinajstić information content (AvgIpc) is 2.32. The predicted molar refractivity (Wildman–Crippen MR) is 72.7 cm³/mol. The standard InChI is InChI=1S/C14H20O3S/c1-17-14-7-5-12(6-8-14)9-10-18(15,16)11-13-3-2-4-13/h5-8,13H,2-4,9-11H2,1H3. The predicted octanol–water partition coefficient (Wildman–Crippen LogP) is 2.45. The first kappa shape index (κ1) is 13.4. The van der Waals surface area contributed by atoms with Crippen LogP contribution in [-0.2, 0) is 16.3 Å². The average molecular weight is 268 g/mol. The lowest BCUT2D eigenvalue weighted by atomic mass is 9.87. The van der Waals surface area contributed by atoms with E-state index in [1.54, 1.807) is 7.11 Å². The van der Waals surface area contributed by atoms with Crippen LogP contribution in [0.1, 0.15) is 24.8 Å². The third-order valence-electron chi connectivity index (χ3n) is 3.58. The fourth-order valence-corrected chi connectivity index (χ4v) is 3.93. The minimum atomic E-state index is -2.89. The quantitative estimate of drug-likeness (QED) is 0.796. The van der Waals surface area contributed by atoms with E-state index in [-0.39, 0.29) is 5.75 Å². The summed E-state index contributed by atoms with van der Waals surface area (Å²) in [7, 11) is -1.26. The van der Waals surface area contributed by atoms with Crippen molar-refractivity contribution in [3.05, 3.63) is 29.8 Å². The van der Waals surface area contributed by atoms with E-state index in [9.17, 15) is 8.42 Å². The molecule has 1 aliphatic rings. The molecule has 0 unspecified atom stereocenters. The number of sulfone groups is 1. The maximum Gasteiger partial charge on any atom is 0.150 e. The molecule has 0 aliphatic heterocycles. The summed E-state index contributed by atoms with van der Waals surface area (Å²) >= 11 is 0. The molecule has 3 nitrogen and oxygen atoms in total. The second-order valence-electron chi connectivity index (χ2n) is 5.01. The third-order valence-corrected chi connectivity index (χ3v) is 5.38. The molecule has 100 valence electrons. The van der Waals surface area contributed by atoms with Crippen LogP contribution in [-0.4, -0.2) is 27.0 Å². The molecule has 0 bridgehead atoms. The Bertz CT molecular complexity index is 472. The van der Waals surface area contributed by atoms with Crippen LogP contribution in [0.5, 0.6) is 5.75 Å². The highest BCUT2D eigenvalue weighted by Crippen LogP contribution is 2.27. The van der Waals surface area contributed by atoms with Gasteiger partial charge in [0.25, 0.3) is 0 Å². The van der Waals surface area contributed by atoms with E-state index in [1.165, 1.54) is 6.42 Å². The van der Waals surface area contributed by atoms with Gasteiger partial charge in [-0.05, 0) is 42.9 Å². The van der Waals surface area contributed by atoms with E-state index in [0.717, 1.165) is 24.2 Å². The van der Waals surface area contributed by atoms with E-state index in [1.807, 2.05) is 24.3 Å². The normalized spacial score (nSPS) is 16.3. The Kier molecular flexibility index (Phi) is 4.27. The van der Waals surface area contributed by atoms with Crippen LogP contribution >= 0.6 is 0 Å². The Morgan fingerprint density at radius 1 is 1.22 bits per heavy atom. The largest absolute Gasteiger partial charge is 0.497 e. The molecule has 0 radical (unpaired) electrons. The molecule has 0 aromatic heterocycles. The fourth-order valence-electron chi connectivity index (χ4n) is 2.17. The van der Waals surface area contributed by atoms with Gasteiger partial charge in [-0.2, -0.15) is 0 Å². The van der Waals surface area contributed by atoms with Gasteiger partial charge in [-0.1, -0.05) is 18.6 Å². The van der Waals surface area contributed by atoms with E-state index < -0.39 is 9.84 Å². The number of hydrogen-bond donors (Lipinski definition) is 0. The molecule has 0 N–H and O–H groups in total. The Hall–Kier alpha value is -1.03. The number of ether oxygens (including phenoxy) is 1. The molecule has 0 atom stereocenters.